The van der Waals surface area contributed by atoms with Crippen LogP contribution < -0.4 is 4.90 Å². The van der Waals surface area contributed by atoms with Crippen molar-refractivity contribution in [3.8, 4) is 0 Å². The summed E-state index contributed by atoms with van der Waals surface area (Å²) in [4.78, 5) is 2.12. The number of halogens is 1. The van der Waals surface area contributed by atoms with E-state index in [4.69, 9.17) is 9.84 Å². The van der Waals surface area contributed by atoms with Gasteiger partial charge in [0.15, 0.2) is 0 Å². The van der Waals surface area contributed by atoms with Crippen molar-refractivity contribution in [1.29, 1.82) is 0 Å². The molecule has 116 valence electrons. The maximum absolute atomic E-state index is 13.7. The van der Waals surface area contributed by atoms with Gasteiger partial charge in [-0.3, -0.25) is 0 Å². The molecule has 3 rings (SSSR count). The minimum absolute atomic E-state index is 0.0157. The van der Waals surface area contributed by atoms with E-state index in [0.29, 0.717) is 19.8 Å². The Kier molecular flexibility index (Phi) is 4.71. The molecule has 0 bridgehead atoms. The van der Waals surface area contributed by atoms with E-state index in [-0.39, 0.29) is 12.4 Å². The average Bonchev–Trinajstić information content (AvgIpc) is 2.69. The summed E-state index contributed by atoms with van der Waals surface area (Å²) in [6, 6.07) is 13.2. The Balaban J connectivity index is 1.95. The first-order valence-corrected chi connectivity index (χ1v) is 7.62. The normalized spacial score (nSPS) is 13.5. The molecule has 4 heteroatoms. The summed E-state index contributed by atoms with van der Waals surface area (Å²) in [5.41, 5.74) is 4.44. The largest absolute Gasteiger partial charge is 0.394 e. The number of anilines is 2. The van der Waals surface area contributed by atoms with Crippen molar-refractivity contribution < 1.29 is 14.2 Å². The lowest BCUT2D eigenvalue weighted by Gasteiger charge is -2.27. The lowest BCUT2D eigenvalue weighted by Crippen LogP contribution is -2.24. The molecule has 0 fully saturated rings. The van der Waals surface area contributed by atoms with E-state index in [1.54, 1.807) is 6.07 Å². The van der Waals surface area contributed by atoms with Gasteiger partial charge in [-0.25, -0.2) is 4.39 Å². The Labute approximate surface area is 130 Å². The van der Waals surface area contributed by atoms with Crippen LogP contribution in [-0.2, 0) is 17.6 Å². The van der Waals surface area contributed by atoms with Crippen LogP contribution in [0.3, 0.4) is 0 Å². The topological polar surface area (TPSA) is 32.7 Å². The molecule has 0 saturated carbocycles. The minimum Gasteiger partial charge on any atom is -0.394 e. The third-order valence-electron chi connectivity index (χ3n) is 3.98. The molecule has 3 nitrogen and oxygen atoms in total. The third-order valence-corrected chi connectivity index (χ3v) is 3.98. The molecule has 0 atom stereocenters. The molecule has 0 radical (unpaired) electrons. The zero-order chi connectivity index (χ0) is 15.4. The molecular weight excluding hydrogens is 281 g/mol. The van der Waals surface area contributed by atoms with Gasteiger partial charge >= 0.3 is 0 Å². The van der Waals surface area contributed by atoms with Crippen molar-refractivity contribution >= 4 is 11.4 Å². The number of hydrogen-bond acceptors (Lipinski definition) is 3. The highest BCUT2D eigenvalue weighted by molar-refractivity contribution is 5.71. The standard InChI is InChI=1S/C18H20FNO2/c19-16-8-7-15-6-5-14-3-1-2-4-17(14)20(18(15)13-16)9-11-22-12-10-21/h1-4,7-8,13,21H,5-6,9-12H2. The predicted octanol–water partition coefficient (Wildman–Crippen LogP) is 3.07. The maximum atomic E-state index is 13.7. The van der Waals surface area contributed by atoms with E-state index < -0.39 is 0 Å². The van der Waals surface area contributed by atoms with E-state index in [2.05, 4.69) is 17.0 Å². The molecule has 0 spiro atoms. The van der Waals surface area contributed by atoms with Crippen LogP contribution >= 0.6 is 0 Å². The number of ether oxygens (including phenoxy) is 1. The van der Waals surface area contributed by atoms with Gasteiger partial charge < -0.3 is 14.7 Å². The van der Waals surface area contributed by atoms with Crippen LogP contribution in [0, 0.1) is 5.82 Å². The van der Waals surface area contributed by atoms with Gasteiger partial charge in [0.1, 0.15) is 5.82 Å². The molecule has 2 aromatic carbocycles. The summed E-state index contributed by atoms with van der Waals surface area (Å²) in [6.45, 7) is 1.46. The number of nitrogens with zero attached hydrogens (tertiary/aromatic N) is 1. The number of rotatable bonds is 5. The molecule has 0 aromatic heterocycles. The van der Waals surface area contributed by atoms with Crippen molar-refractivity contribution in [1.82, 2.24) is 0 Å². The summed E-state index contributed by atoms with van der Waals surface area (Å²) in [5, 5.41) is 8.81. The summed E-state index contributed by atoms with van der Waals surface area (Å²) in [7, 11) is 0. The van der Waals surface area contributed by atoms with Crippen LogP contribution in [-0.4, -0.2) is 31.5 Å². The number of hydrogen-bond donors (Lipinski definition) is 1. The van der Waals surface area contributed by atoms with Gasteiger partial charge in [0.25, 0.3) is 0 Å². The molecule has 0 unspecified atom stereocenters. The maximum Gasteiger partial charge on any atom is 0.125 e. The van der Waals surface area contributed by atoms with Gasteiger partial charge in [-0.05, 0) is 42.2 Å². The summed E-state index contributed by atoms with van der Waals surface area (Å²) < 4.78 is 19.1. The van der Waals surface area contributed by atoms with Crippen molar-refractivity contribution in [3.05, 3.63) is 59.4 Å². The molecule has 1 aliphatic rings. The van der Waals surface area contributed by atoms with Gasteiger partial charge in [0, 0.05) is 17.9 Å². The average molecular weight is 301 g/mol. The lowest BCUT2D eigenvalue weighted by atomic mass is 10.0. The Morgan fingerprint density at radius 1 is 1.00 bits per heavy atom. The molecule has 1 N–H and O–H groups in total. The second kappa shape index (κ2) is 6.90. The van der Waals surface area contributed by atoms with Crippen molar-refractivity contribution in [3.63, 3.8) is 0 Å². The molecule has 0 saturated heterocycles. The van der Waals surface area contributed by atoms with Gasteiger partial charge in [0.05, 0.1) is 19.8 Å². The highest BCUT2D eigenvalue weighted by Gasteiger charge is 2.20. The lowest BCUT2D eigenvalue weighted by molar-refractivity contribution is 0.0975. The zero-order valence-electron chi connectivity index (χ0n) is 12.5. The van der Waals surface area contributed by atoms with Crippen molar-refractivity contribution in [2.45, 2.75) is 12.8 Å². The first kappa shape index (κ1) is 15.0. The summed E-state index contributed by atoms with van der Waals surface area (Å²) >= 11 is 0. The number of fused-ring (bicyclic) bond motifs is 2. The molecule has 0 aliphatic carbocycles. The number of aliphatic hydroxyl groups excluding tert-OH is 1. The van der Waals surface area contributed by atoms with Gasteiger partial charge in [-0.1, -0.05) is 24.3 Å². The first-order chi connectivity index (χ1) is 10.8. The molecule has 1 aliphatic heterocycles. The Morgan fingerprint density at radius 3 is 2.59 bits per heavy atom. The van der Waals surface area contributed by atoms with Gasteiger partial charge in [-0.2, -0.15) is 0 Å². The first-order valence-electron chi connectivity index (χ1n) is 7.62. The Bertz CT molecular complexity index is 645. The quantitative estimate of drug-likeness (QED) is 0.862. The molecular formula is C18H20FNO2. The minimum atomic E-state index is -0.223. The molecule has 1 heterocycles. The van der Waals surface area contributed by atoms with Crippen LogP contribution in [0.2, 0.25) is 0 Å². The van der Waals surface area contributed by atoms with E-state index in [1.807, 2.05) is 18.2 Å². The Hall–Kier alpha value is -1.91. The highest BCUT2D eigenvalue weighted by Crippen LogP contribution is 2.36. The number of aryl methyl sites for hydroxylation is 2. The fourth-order valence-electron chi connectivity index (χ4n) is 2.95. The van der Waals surface area contributed by atoms with Crippen LogP contribution in [0.4, 0.5) is 15.8 Å². The van der Waals surface area contributed by atoms with E-state index in [1.165, 1.54) is 11.6 Å². The fourth-order valence-corrected chi connectivity index (χ4v) is 2.95. The second-order valence-corrected chi connectivity index (χ2v) is 5.39. The predicted molar refractivity (Wildman–Crippen MR) is 85.2 cm³/mol. The summed E-state index contributed by atoms with van der Waals surface area (Å²) in [6.07, 6.45) is 1.85. The van der Waals surface area contributed by atoms with Crippen molar-refractivity contribution in [2.24, 2.45) is 0 Å². The molecule has 22 heavy (non-hydrogen) atoms. The molecule has 2 aromatic rings. The van der Waals surface area contributed by atoms with Crippen LogP contribution in [0.15, 0.2) is 42.5 Å². The third kappa shape index (κ3) is 3.13. The fraction of sp³-hybridized carbons (Fsp3) is 0.333. The van der Waals surface area contributed by atoms with Gasteiger partial charge in [0.2, 0.25) is 0 Å². The van der Waals surface area contributed by atoms with Gasteiger partial charge in [-0.15, -0.1) is 0 Å². The SMILES string of the molecule is OCCOCCN1c2ccccc2CCc2ccc(F)cc21. The highest BCUT2D eigenvalue weighted by atomic mass is 19.1. The van der Waals surface area contributed by atoms with Crippen LogP contribution in [0.1, 0.15) is 11.1 Å². The number of benzene rings is 2. The van der Waals surface area contributed by atoms with E-state index >= 15 is 0 Å². The van der Waals surface area contributed by atoms with E-state index in [0.717, 1.165) is 29.8 Å². The smallest absolute Gasteiger partial charge is 0.125 e. The zero-order valence-corrected chi connectivity index (χ0v) is 12.5. The van der Waals surface area contributed by atoms with E-state index in [9.17, 15) is 4.39 Å². The van der Waals surface area contributed by atoms with Crippen LogP contribution in [0.5, 0.6) is 0 Å². The summed E-state index contributed by atoms with van der Waals surface area (Å²) in [5.74, 6) is -0.223. The second-order valence-electron chi connectivity index (χ2n) is 5.39. The van der Waals surface area contributed by atoms with Crippen LogP contribution in [0.25, 0.3) is 0 Å². The molecule has 0 amide bonds. The van der Waals surface area contributed by atoms with Crippen molar-refractivity contribution in [2.75, 3.05) is 31.3 Å². The number of para-hydroxylation sites is 1. The number of aliphatic hydroxyl groups is 1. The monoisotopic (exact) mass is 301 g/mol. The Morgan fingerprint density at radius 2 is 1.77 bits per heavy atom.